The van der Waals surface area contributed by atoms with Gasteiger partial charge < -0.3 is 9.72 Å². The Labute approximate surface area is 140 Å². The largest absolute Gasteiger partial charge is 0.454 e. The molecular formula is C18H12N2O3S. The average Bonchev–Trinajstić information content (AvgIpc) is 3.02. The van der Waals surface area contributed by atoms with Gasteiger partial charge in [0.15, 0.2) is 0 Å². The topological polar surface area (TPSA) is 72.0 Å². The maximum Gasteiger partial charge on any atom is 0.355 e. The van der Waals surface area contributed by atoms with Crippen LogP contribution in [-0.2, 0) is 11.3 Å². The lowest BCUT2D eigenvalue weighted by molar-refractivity contribution is 0.0465. The Kier molecular flexibility index (Phi) is 3.59. The zero-order valence-corrected chi connectivity index (χ0v) is 13.3. The highest BCUT2D eigenvalue weighted by Gasteiger charge is 2.12. The summed E-state index contributed by atoms with van der Waals surface area (Å²) in [6.45, 7) is 0.0764. The number of aromatic nitrogens is 2. The van der Waals surface area contributed by atoms with E-state index >= 15 is 0 Å². The number of esters is 1. The highest BCUT2D eigenvalue weighted by atomic mass is 32.1. The second-order valence-corrected chi connectivity index (χ2v) is 6.37. The Balaban J connectivity index is 1.56. The monoisotopic (exact) mass is 336 g/mol. The number of para-hydroxylation sites is 1. The molecule has 0 fully saturated rings. The quantitative estimate of drug-likeness (QED) is 0.581. The van der Waals surface area contributed by atoms with Gasteiger partial charge in [-0.05, 0) is 29.7 Å². The molecule has 0 saturated heterocycles. The van der Waals surface area contributed by atoms with Crippen LogP contribution in [0.2, 0.25) is 0 Å². The van der Waals surface area contributed by atoms with Crippen LogP contribution < -0.4 is 5.56 Å². The van der Waals surface area contributed by atoms with E-state index in [1.165, 1.54) is 11.3 Å². The van der Waals surface area contributed by atoms with Crippen LogP contribution in [0.25, 0.3) is 21.0 Å². The van der Waals surface area contributed by atoms with Crippen molar-refractivity contribution in [1.82, 2.24) is 9.97 Å². The van der Waals surface area contributed by atoms with Gasteiger partial charge in [-0.3, -0.25) is 4.79 Å². The molecule has 0 radical (unpaired) electrons. The Bertz CT molecular complexity index is 1080. The number of benzene rings is 2. The second-order valence-electron chi connectivity index (χ2n) is 5.25. The van der Waals surface area contributed by atoms with E-state index in [1.807, 2.05) is 30.3 Å². The number of aromatic amines is 1. The first-order chi connectivity index (χ1) is 11.7. The van der Waals surface area contributed by atoms with Gasteiger partial charge in [0, 0.05) is 5.39 Å². The van der Waals surface area contributed by atoms with Gasteiger partial charge in [-0.1, -0.05) is 30.3 Å². The van der Waals surface area contributed by atoms with Crippen LogP contribution in [0.1, 0.15) is 15.5 Å². The predicted octanol–water partition coefficient (Wildman–Crippen LogP) is 3.49. The number of nitrogens with one attached hydrogen (secondary N) is 1. The molecule has 0 bridgehead atoms. The van der Waals surface area contributed by atoms with E-state index in [0.29, 0.717) is 15.8 Å². The Morgan fingerprint density at radius 1 is 1.12 bits per heavy atom. The zero-order chi connectivity index (χ0) is 16.5. The summed E-state index contributed by atoms with van der Waals surface area (Å²) in [6.07, 6.45) is 0. The number of hydrogen-bond donors (Lipinski definition) is 1. The van der Waals surface area contributed by atoms with Gasteiger partial charge >= 0.3 is 5.97 Å². The molecule has 0 atom stereocenters. The number of rotatable bonds is 3. The molecule has 2 heterocycles. The van der Waals surface area contributed by atoms with Gasteiger partial charge in [0.05, 0.1) is 10.2 Å². The van der Waals surface area contributed by atoms with Crippen LogP contribution in [0, 0.1) is 0 Å². The summed E-state index contributed by atoms with van der Waals surface area (Å²) < 4.78 is 6.33. The Morgan fingerprint density at radius 3 is 2.79 bits per heavy atom. The minimum absolute atomic E-state index is 0.0764. The normalized spacial score (nSPS) is 11.0. The third-order valence-corrected chi connectivity index (χ3v) is 4.65. The molecule has 0 aliphatic carbocycles. The molecule has 0 spiro atoms. The number of carbonyl (C=O) groups excluding carboxylic acids is 1. The fourth-order valence-electron chi connectivity index (χ4n) is 2.51. The molecule has 2 aromatic carbocycles. The van der Waals surface area contributed by atoms with Gasteiger partial charge in [-0.25, -0.2) is 9.78 Å². The smallest absolute Gasteiger partial charge is 0.355 e. The summed E-state index contributed by atoms with van der Waals surface area (Å²) >= 11 is 1.48. The van der Waals surface area contributed by atoms with Crippen LogP contribution in [-0.4, -0.2) is 15.9 Å². The summed E-state index contributed by atoms with van der Waals surface area (Å²) in [5, 5.41) is 1.96. The van der Waals surface area contributed by atoms with Crippen molar-refractivity contribution in [3.05, 3.63) is 75.7 Å². The van der Waals surface area contributed by atoms with Crippen LogP contribution in [0.15, 0.2) is 59.4 Å². The van der Waals surface area contributed by atoms with Gasteiger partial charge in [0.25, 0.3) is 5.56 Å². The summed E-state index contributed by atoms with van der Waals surface area (Å²) in [7, 11) is 0. The van der Waals surface area contributed by atoms with E-state index in [2.05, 4.69) is 9.97 Å². The minimum Gasteiger partial charge on any atom is -0.454 e. The highest BCUT2D eigenvalue weighted by molar-refractivity contribution is 7.18. The number of H-pyrrole nitrogens is 1. The molecule has 5 nitrogen and oxygen atoms in total. The molecule has 0 aliphatic rings. The third kappa shape index (κ3) is 2.68. The molecule has 4 aromatic rings. The third-order valence-electron chi connectivity index (χ3n) is 3.64. The molecule has 2 aromatic heterocycles. The lowest BCUT2D eigenvalue weighted by atomic mass is 10.1. The first-order valence-electron chi connectivity index (χ1n) is 7.34. The number of thiazole rings is 1. The van der Waals surface area contributed by atoms with Crippen molar-refractivity contribution in [3.63, 3.8) is 0 Å². The molecule has 24 heavy (non-hydrogen) atoms. The number of fused-ring (bicyclic) bond motifs is 2. The summed E-state index contributed by atoms with van der Waals surface area (Å²) in [5.41, 5.74) is 0.715. The van der Waals surface area contributed by atoms with E-state index in [-0.39, 0.29) is 17.9 Å². The van der Waals surface area contributed by atoms with Crippen LogP contribution in [0.5, 0.6) is 0 Å². The Hall–Kier alpha value is -2.99. The fourth-order valence-corrected chi connectivity index (χ4v) is 3.39. The minimum atomic E-state index is -0.572. The predicted molar refractivity (Wildman–Crippen MR) is 93.3 cm³/mol. The first-order valence-corrected chi connectivity index (χ1v) is 8.16. The van der Waals surface area contributed by atoms with Crippen LogP contribution >= 0.6 is 11.3 Å². The number of ether oxygens (including phenoxy) is 1. The van der Waals surface area contributed by atoms with Gasteiger partial charge in [0.2, 0.25) is 0 Å². The molecule has 0 saturated carbocycles. The van der Waals surface area contributed by atoms with Gasteiger partial charge in [0.1, 0.15) is 17.3 Å². The SMILES string of the molecule is O=C(OCc1nc2ccccc2s1)c1cc2ccccc2c(=O)[nH]1. The number of carbonyl (C=O) groups is 1. The first kappa shape index (κ1) is 14.6. The lowest BCUT2D eigenvalue weighted by Gasteiger charge is -2.04. The molecule has 6 heteroatoms. The Morgan fingerprint density at radius 2 is 1.92 bits per heavy atom. The van der Waals surface area contributed by atoms with E-state index in [4.69, 9.17) is 4.74 Å². The summed E-state index contributed by atoms with van der Waals surface area (Å²) in [6, 6.07) is 16.5. The van der Waals surface area contributed by atoms with Crippen molar-refractivity contribution in [1.29, 1.82) is 0 Å². The van der Waals surface area contributed by atoms with Crippen molar-refractivity contribution in [2.24, 2.45) is 0 Å². The summed E-state index contributed by atoms with van der Waals surface area (Å²) in [5.74, 6) is -0.572. The number of nitrogens with zero attached hydrogens (tertiary/aromatic N) is 1. The molecule has 1 N–H and O–H groups in total. The standard InChI is InChI=1S/C18H12N2O3S/c21-17-12-6-2-1-5-11(12)9-14(20-17)18(22)23-10-16-19-13-7-3-4-8-15(13)24-16/h1-9H,10H2,(H,20,21). The number of pyridine rings is 1. The number of hydrogen-bond acceptors (Lipinski definition) is 5. The van der Waals surface area contributed by atoms with Crippen molar-refractivity contribution in [3.8, 4) is 0 Å². The zero-order valence-electron chi connectivity index (χ0n) is 12.5. The van der Waals surface area contributed by atoms with Crippen molar-refractivity contribution in [2.45, 2.75) is 6.61 Å². The average molecular weight is 336 g/mol. The van der Waals surface area contributed by atoms with E-state index < -0.39 is 5.97 Å². The van der Waals surface area contributed by atoms with Crippen LogP contribution in [0.4, 0.5) is 0 Å². The van der Waals surface area contributed by atoms with E-state index in [0.717, 1.165) is 10.2 Å². The summed E-state index contributed by atoms with van der Waals surface area (Å²) in [4.78, 5) is 31.2. The van der Waals surface area contributed by atoms with Crippen molar-refractivity contribution >= 4 is 38.3 Å². The second kappa shape index (κ2) is 5.90. The highest BCUT2D eigenvalue weighted by Crippen LogP contribution is 2.22. The van der Waals surface area contributed by atoms with Crippen molar-refractivity contribution in [2.75, 3.05) is 0 Å². The molecule has 118 valence electrons. The lowest BCUT2D eigenvalue weighted by Crippen LogP contribution is -2.15. The van der Waals surface area contributed by atoms with Gasteiger partial charge in [-0.2, -0.15) is 0 Å². The van der Waals surface area contributed by atoms with Crippen LogP contribution in [0.3, 0.4) is 0 Å². The molecule has 0 unspecified atom stereocenters. The van der Waals surface area contributed by atoms with Gasteiger partial charge in [-0.15, -0.1) is 11.3 Å². The van der Waals surface area contributed by atoms with Crippen molar-refractivity contribution < 1.29 is 9.53 Å². The molecular weight excluding hydrogens is 324 g/mol. The van der Waals surface area contributed by atoms with E-state index in [1.54, 1.807) is 24.3 Å². The van der Waals surface area contributed by atoms with E-state index in [9.17, 15) is 9.59 Å². The maximum atomic E-state index is 12.2. The fraction of sp³-hybridized carbons (Fsp3) is 0.0556. The molecule has 0 aliphatic heterocycles. The maximum absolute atomic E-state index is 12.2. The molecule has 4 rings (SSSR count). The molecule has 0 amide bonds.